The lowest BCUT2D eigenvalue weighted by Gasteiger charge is -2.28. The molecule has 184 valence electrons. The highest BCUT2D eigenvalue weighted by Gasteiger charge is 2.30. The Kier molecular flexibility index (Phi) is 7.18. The quantitative estimate of drug-likeness (QED) is 0.352. The molecule has 1 aromatic heterocycles. The number of Topliss-reactive ketones (excluding diaryl/α,β-unsaturated/α-hetero) is 1. The summed E-state index contributed by atoms with van der Waals surface area (Å²) in [7, 11) is 0. The van der Waals surface area contributed by atoms with Crippen molar-refractivity contribution in [3.63, 3.8) is 0 Å². The zero-order valence-corrected chi connectivity index (χ0v) is 21.6. The van der Waals surface area contributed by atoms with Crippen molar-refractivity contribution in [2.75, 3.05) is 0 Å². The van der Waals surface area contributed by atoms with Crippen molar-refractivity contribution < 1.29 is 14.7 Å². The molecule has 0 atom stereocenters. The summed E-state index contributed by atoms with van der Waals surface area (Å²) in [6, 6.07) is 14.0. The van der Waals surface area contributed by atoms with Gasteiger partial charge in [-0.3, -0.25) is 15.1 Å². The Hall–Kier alpha value is -3.31. The number of rotatable bonds is 8. The first-order chi connectivity index (χ1) is 16.7. The molecule has 0 bridgehead atoms. The van der Waals surface area contributed by atoms with Crippen molar-refractivity contribution in [1.82, 2.24) is 9.63 Å². The highest BCUT2D eigenvalue weighted by atomic mass is 16.5. The Morgan fingerprint density at radius 3 is 2.23 bits per heavy atom. The Bertz CT molecular complexity index is 1230. The Labute approximate surface area is 208 Å². The van der Waals surface area contributed by atoms with Crippen molar-refractivity contribution in [2.45, 2.75) is 67.0 Å². The van der Waals surface area contributed by atoms with Gasteiger partial charge in [0, 0.05) is 34.5 Å². The number of ketones is 1. The van der Waals surface area contributed by atoms with Gasteiger partial charge in [-0.25, -0.2) is 0 Å². The van der Waals surface area contributed by atoms with Crippen molar-refractivity contribution in [1.29, 1.82) is 0 Å². The largest absolute Gasteiger partial charge is 0.491 e. The number of ether oxygens (including phenoxy) is 1. The number of aryl methyl sites for hydroxylation is 2. The molecule has 3 aromatic rings. The highest BCUT2D eigenvalue weighted by molar-refractivity contribution is 6.03. The van der Waals surface area contributed by atoms with Crippen LogP contribution in [-0.2, 0) is 6.54 Å². The lowest BCUT2D eigenvalue weighted by Crippen LogP contribution is -2.24. The van der Waals surface area contributed by atoms with Gasteiger partial charge in [0.1, 0.15) is 5.75 Å². The maximum Gasteiger partial charge on any atom is 0.168 e. The molecular weight excluding hydrogens is 436 g/mol. The fourth-order valence-electron chi connectivity index (χ4n) is 5.01. The molecule has 1 N–H and O–H groups in total. The molecule has 0 fully saturated rings. The second-order valence-electron chi connectivity index (χ2n) is 9.67. The van der Waals surface area contributed by atoms with Crippen LogP contribution in [0.3, 0.4) is 0 Å². The van der Waals surface area contributed by atoms with E-state index in [0.29, 0.717) is 5.56 Å². The van der Waals surface area contributed by atoms with Crippen LogP contribution in [0, 0.1) is 19.8 Å². The van der Waals surface area contributed by atoms with Crippen LogP contribution in [0.2, 0.25) is 0 Å². The topological polar surface area (TPSA) is 54.7 Å². The molecular formula is C30H36N2O3. The molecule has 0 spiro atoms. The van der Waals surface area contributed by atoms with Crippen LogP contribution in [-0.4, -0.2) is 26.7 Å². The maximum absolute atomic E-state index is 13.6. The van der Waals surface area contributed by atoms with Crippen LogP contribution >= 0.6 is 0 Å². The molecule has 0 unspecified atom stereocenters. The van der Waals surface area contributed by atoms with Crippen LogP contribution in [0.5, 0.6) is 5.75 Å². The van der Waals surface area contributed by atoms with Crippen molar-refractivity contribution in [3.8, 4) is 11.4 Å². The standard InChI is InChI=1S/C30H36N2O3/c1-7-22(8-2)30(33)26-17-31(23-12-14-24(15-13-23)35-19(3)4)28-18-32(34)27(16-25(26)28)29-20(5)10-9-11-21(29)6/h9-17,19,22,34H,7-8,18H2,1-6H3. The van der Waals surface area contributed by atoms with E-state index in [9.17, 15) is 10.0 Å². The summed E-state index contributed by atoms with van der Waals surface area (Å²) in [5, 5.41) is 12.4. The second kappa shape index (κ2) is 10.1. The molecule has 5 heteroatoms. The summed E-state index contributed by atoms with van der Waals surface area (Å²) in [5.74, 6) is 0.938. The van der Waals surface area contributed by atoms with Gasteiger partial charge in [-0.15, -0.1) is 0 Å². The van der Waals surface area contributed by atoms with Crippen molar-refractivity contribution in [3.05, 3.63) is 82.2 Å². The lowest BCUT2D eigenvalue weighted by molar-refractivity contribution is -0.0374. The summed E-state index contributed by atoms with van der Waals surface area (Å²) in [5.41, 5.74) is 7.35. The third kappa shape index (κ3) is 4.78. The van der Waals surface area contributed by atoms with Crippen LogP contribution < -0.4 is 4.74 Å². The predicted octanol–water partition coefficient (Wildman–Crippen LogP) is 7.20. The third-order valence-electron chi connectivity index (χ3n) is 6.85. The Morgan fingerprint density at radius 1 is 1.03 bits per heavy atom. The van der Waals surface area contributed by atoms with E-state index in [1.807, 2.05) is 61.0 Å². The zero-order valence-electron chi connectivity index (χ0n) is 21.6. The van der Waals surface area contributed by atoms with Gasteiger partial charge in [0.2, 0.25) is 0 Å². The van der Waals surface area contributed by atoms with Gasteiger partial charge in [-0.2, -0.15) is 0 Å². The van der Waals surface area contributed by atoms with E-state index in [1.54, 1.807) is 0 Å². The lowest BCUT2D eigenvalue weighted by atomic mass is 9.90. The summed E-state index contributed by atoms with van der Waals surface area (Å²) in [4.78, 5) is 13.6. The monoisotopic (exact) mass is 472 g/mol. The first kappa shape index (κ1) is 24.8. The van der Waals surface area contributed by atoms with Crippen molar-refractivity contribution >= 4 is 17.6 Å². The Balaban J connectivity index is 1.88. The fraction of sp³-hybridized carbons (Fsp3) is 0.367. The Morgan fingerprint density at radius 2 is 1.66 bits per heavy atom. The van der Waals surface area contributed by atoms with E-state index in [2.05, 4.69) is 39.8 Å². The number of carbonyl (C=O) groups is 1. The van der Waals surface area contributed by atoms with E-state index in [0.717, 1.165) is 57.9 Å². The normalized spacial score (nSPS) is 13.3. The maximum atomic E-state index is 13.6. The molecule has 35 heavy (non-hydrogen) atoms. The SMILES string of the molecule is CCC(CC)C(=O)c1cn(-c2ccc(OC(C)C)cc2)c2c1C=C(c1c(C)cccc1C)N(O)C2. The van der Waals surface area contributed by atoms with E-state index in [1.165, 1.54) is 5.06 Å². The summed E-state index contributed by atoms with van der Waals surface area (Å²) < 4.78 is 7.84. The minimum atomic E-state index is -0.0269. The number of hydrogen-bond donors (Lipinski definition) is 1. The first-order valence-electron chi connectivity index (χ1n) is 12.5. The predicted molar refractivity (Wildman–Crippen MR) is 141 cm³/mol. The molecule has 0 amide bonds. The first-order valence-corrected chi connectivity index (χ1v) is 12.5. The van der Waals surface area contributed by atoms with Gasteiger partial charge < -0.3 is 9.30 Å². The van der Waals surface area contributed by atoms with Gasteiger partial charge >= 0.3 is 0 Å². The summed E-state index contributed by atoms with van der Waals surface area (Å²) in [6.07, 6.45) is 5.63. The molecule has 0 saturated heterocycles. The van der Waals surface area contributed by atoms with E-state index < -0.39 is 0 Å². The fourth-order valence-corrected chi connectivity index (χ4v) is 5.01. The number of fused-ring (bicyclic) bond motifs is 1. The van der Waals surface area contributed by atoms with Gasteiger partial charge in [0.25, 0.3) is 0 Å². The molecule has 5 nitrogen and oxygen atoms in total. The molecule has 0 saturated carbocycles. The van der Waals surface area contributed by atoms with Gasteiger partial charge in [-0.1, -0.05) is 32.0 Å². The van der Waals surface area contributed by atoms with Crippen molar-refractivity contribution in [2.24, 2.45) is 5.92 Å². The molecule has 0 aliphatic carbocycles. The number of hydrogen-bond acceptors (Lipinski definition) is 4. The van der Waals surface area contributed by atoms with E-state index in [-0.39, 0.29) is 24.3 Å². The van der Waals surface area contributed by atoms with E-state index >= 15 is 0 Å². The third-order valence-corrected chi connectivity index (χ3v) is 6.85. The van der Waals surface area contributed by atoms with Gasteiger partial charge in [0.15, 0.2) is 5.78 Å². The van der Waals surface area contributed by atoms with Gasteiger partial charge in [0.05, 0.1) is 24.0 Å². The van der Waals surface area contributed by atoms with E-state index in [4.69, 9.17) is 4.74 Å². The number of carbonyl (C=O) groups excluding carboxylic acids is 1. The molecule has 4 rings (SSSR count). The van der Waals surface area contributed by atoms with Crippen LogP contribution in [0.1, 0.15) is 78.8 Å². The van der Waals surface area contributed by atoms with Crippen LogP contribution in [0.4, 0.5) is 0 Å². The molecule has 1 aliphatic heterocycles. The minimum absolute atomic E-state index is 0.0269. The number of hydroxylamine groups is 2. The molecule has 1 aliphatic rings. The van der Waals surface area contributed by atoms with Gasteiger partial charge in [-0.05, 0) is 82.0 Å². The summed E-state index contributed by atoms with van der Waals surface area (Å²) in [6.45, 7) is 12.5. The molecule has 2 aromatic carbocycles. The smallest absolute Gasteiger partial charge is 0.168 e. The zero-order chi connectivity index (χ0) is 25.3. The molecule has 0 radical (unpaired) electrons. The number of nitrogens with zero attached hydrogens (tertiary/aromatic N) is 2. The second-order valence-corrected chi connectivity index (χ2v) is 9.67. The highest BCUT2D eigenvalue weighted by Crippen LogP contribution is 2.37. The average molecular weight is 473 g/mol. The number of aromatic nitrogens is 1. The number of benzene rings is 2. The van der Waals surface area contributed by atoms with Crippen LogP contribution in [0.15, 0.2) is 48.7 Å². The summed E-state index contributed by atoms with van der Waals surface area (Å²) >= 11 is 0. The minimum Gasteiger partial charge on any atom is -0.491 e. The van der Waals surface area contributed by atoms with Crippen LogP contribution in [0.25, 0.3) is 17.5 Å². The average Bonchev–Trinajstić information content (AvgIpc) is 3.18. The molecule has 2 heterocycles.